The van der Waals surface area contributed by atoms with E-state index in [1.807, 2.05) is 19.0 Å². The third kappa shape index (κ3) is 5.01. The Morgan fingerprint density at radius 2 is 1.88 bits per heavy atom. The third-order valence-electron chi connectivity index (χ3n) is 3.36. The topological polar surface area (TPSA) is 74.1 Å². The second kappa shape index (κ2) is 8.60. The smallest absolute Gasteiger partial charge is 0.271 e. The van der Waals surface area contributed by atoms with Crippen molar-refractivity contribution >= 4 is 40.5 Å². The average molecular weight is 379 g/mol. The summed E-state index contributed by atoms with van der Waals surface area (Å²) in [5.74, 6) is -0.447. The number of hydrogen-bond acceptors (Lipinski definition) is 5. The van der Waals surface area contributed by atoms with Gasteiger partial charge in [-0.1, -0.05) is 40.5 Å². The normalized spacial score (nSPS) is 11.1. The molecule has 0 aliphatic heterocycles. The van der Waals surface area contributed by atoms with Gasteiger partial charge in [0, 0.05) is 30.2 Å². The van der Waals surface area contributed by atoms with E-state index < -0.39 is 5.91 Å². The summed E-state index contributed by atoms with van der Waals surface area (Å²) in [5, 5.41) is 7.78. The Morgan fingerprint density at radius 1 is 1.12 bits per heavy atom. The predicted molar refractivity (Wildman–Crippen MR) is 102 cm³/mol. The first-order chi connectivity index (χ1) is 11.9. The van der Waals surface area contributed by atoms with Gasteiger partial charge in [0.25, 0.3) is 5.91 Å². The number of halogens is 2. The monoisotopic (exact) mass is 378 g/mol. The van der Waals surface area contributed by atoms with Gasteiger partial charge in [-0.05, 0) is 30.3 Å². The molecule has 0 aliphatic rings. The molecule has 1 amide bonds. The molecule has 6 nitrogen and oxygen atoms in total. The third-order valence-corrected chi connectivity index (χ3v) is 3.89. The zero-order valence-corrected chi connectivity index (χ0v) is 15.2. The van der Waals surface area contributed by atoms with Crippen LogP contribution in [0.25, 0.3) is 0 Å². The van der Waals surface area contributed by atoms with E-state index in [2.05, 4.69) is 15.7 Å². The van der Waals surface area contributed by atoms with E-state index in [0.717, 1.165) is 5.69 Å². The van der Waals surface area contributed by atoms with Crippen LogP contribution in [0, 0.1) is 4.91 Å². The highest BCUT2D eigenvalue weighted by molar-refractivity contribution is 6.33. The van der Waals surface area contributed by atoms with Crippen molar-refractivity contribution in [1.29, 1.82) is 0 Å². The van der Waals surface area contributed by atoms with E-state index >= 15 is 0 Å². The zero-order chi connectivity index (χ0) is 18.4. The van der Waals surface area contributed by atoms with Crippen LogP contribution in [-0.4, -0.2) is 32.3 Å². The molecule has 0 fully saturated rings. The number of anilines is 1. The number of hydrogen-bond donors (Lipinski definition) is 1. The molecule has 0 heterocycles. The summed E-state index contributed by atoms with van der Waals surface area (Å²) in [6, 6.07) is 11.7. The Labute approximate surface area is 155 Å². The van der Waals surface area contributed by atoms with E-state index in [9.17, 15) is 9.70 Å². The predicted octanol–water partition coefficient (Wildman–Crippen LogP) is 3.96. The van der Waals surface area contributed by atoms with Crippen LogP contribution in [0.5, 0.6) is 0 Å². The number of amides is 1. The highest BCUT2D eigenvalue weighted by atomic mass is 35.5. The summed E-state index contributed by atoms with van der Waals surface area (Å²) < 4.78 is 0. The summed E-state index contributed by atoms with van der Waals surface area (Å²) in [4.78, 5) is 24.7. The van der Waals surface area contributed by atoms with E-state index in [4.69, 9.17) is 23.2 Å². The summed E-state index contributed by atoms with van der Waals surface area (Å²) in [7, 11) is 3.71. The molecule has 1 N–H and O–H groups in total. The molecular formula is C17H16Cl2N4O2. The lowest BCUT2D eigenvalue weighted by molar-refractivity contribution is 0.0955. The second-order valence-electron chi connectivity index (χ2n) is 5.36. The molecule has 0 unspecified atom stereocenters. The fourth-order valence-electron chi connectivity index (χ4n) is 2.11. The maximum absolute atomic E-state index is 12.3. The summed E-state index contributed by atoms with van der Waals surface area (Å²) in [6.07, 6.45) is 0. The van der Waals surface area contributed by atoms with Crippen molar-refractivity contribution < 1.29 is 4.79 Å². The zero-order valence-electron chi connectivity index (χ0n) is 13.7. The molecule has 0 bridgehead atoms. The lowest BCUT2D eigenvalue weighted by atomic mass is 10.1. The molecule has 2 aromatic rings. The molecule has 130 valence electrons. The number of rotatable bonds is 6. The molecule has 0 radical (unpaired) electrons. The molecule has 0 aromatic heterocycles. The number of nitrogens with zero attached hydrogens (tertiary/aromatic N) is 3. The molecule has 0 spiro atoms. The average Bonchev–Trinajstić information content (AvgIpc) is 2.57. The van der Waals surface area contributed by atoms with Gasteiger partial charge in [0.05, 0.1) is 16.4 Å². The van der Waals surface area contributed by atoms with Crippen molar-refractivity contribution in [2.45, 2.75) is 0 Å². The van der Waals surface area contributed by atoms with Crippen molar-refractivity contribution in [3.8, 4) is 0 Å². The van der Waals surface area contributed by atoms with Gasteiger partial charge in [-0.15, -0.1) is 0 Å². The van der Waals surface area contributed by atoms with Crippen molar-refractivity contribution in [2.75, 3.05) is 25.5 Å². The van der Waals surface area contributed by atoms with Crippen LogP contribution in [0.2, 0.25) is 10.0 Å². The van der Waals surface area contributed by atoms with Gasteiger partial charge in [-0.2, -0.15) is 10.0 Å². The molecule has 8 heteroatoms. The maximum atomic E-state index is 12.3. The van der Waals surface area contributed by atoms with Gasteiger partial charge >= 0.3 is 0 Å². The Balaban J connectivity index is 2.21. The number of carbonyl (C=O) groups excluding carboxylic acids is 1. The molecule has 0 atom stereocenters. The highest BCUT2D eigenvalue weighted by Gasteiger charge is 2.11. The van der Waals surface area contributed by atoms with Crippen molar-refractivity contribution in [3.05, 3.63) is 68.5 Å². The van der Waals surface area contributed by atoms with Crippen LogP contribution in [0.3, 0.4) is 0 Å². The summed E-state index contributed by atoms with van der Waals surface area (Å²) >= 11 is 12.1. The van der Waals surface area contributed by atoms with Crippen LogP contribution in [0.15, 0.2) is 52.7 Å². The summed E-state index contributed by atoms with van der Waals surface area (Å²) in [6.45, 7) is -0.194. The minimum Gasteiger partial charge on any atom is -0.376 e. The first-order valence-corrected chi connectivity index (χ1v) is 8.07. The van der Waals surface area contributed by atoms with Gasteiger partial charge in [0.2, 0.25) is 0 Å². The molecule has 2 aromatic carbocycles. The SMILES string of the molecule is CN(C)c1ccc(C(=O)NN=C(CN=O)c2cccc(Cl)c2)cc1Cl. The largest absolute Gasteiger partial charge is 0.376 e. The van der Waals surface area contributed by atoms with Crippen LogP contribution >= 0.6 is 23.2 Å². The van der Waals surface area contributed by atoms with Gasteiger partial charge < -0.3 is 4.90 Å². The van der Waals surface area contributed by atoms with Gasteiger partial charge in [-0.25, -0.2) is 5.43 Å². The number of nitroso groups, excluding NO2 is 1. The fraction of sp³-hybridized carbons (Fsp3) is 0.176. The second-order valence-corrected chi connectivity index (χ2v) is 6.20. The Bertz CT molecular complexity index is 822. The Kier molecular flexibility index (Phi) is 6.50. The van der Waals surface area contributed by atoms with Gasteiger partial charge in [0.15, 0.2) is 0 Å². The van der Waals surface area contributed by atoms with Crippen LogP contribution in [-0.2, 0) is 0 Å². The molecular weight excluding hydrogens is 363 g/mol. The molecule has 0 saturated heterocycles. The number of carbonyl (C=O) groups is 1. The number of nitrogens with one attached hydrogen (secondary N) is 1. The highest BCUT2D eigenvalue weighted by Crippen LogP contribution is 2.25. The standard InChI is InChI=1S/C17H16Cl2N4O2/c1-23(2)16-7-6-12(9-14(16)19)17(24)22-21-15(10-20-25)11-4-3-5-13(18)8-11/h3-9H,10H2,1-2H3,(H,22,24). The lowest BCUT2D eigenvalue weighted by Crippen LogP contribution is -2.21. The fourth-order valence-corrected chi connectivity index (χ4v) is 2.65. The number of hydrazone groups is 1. The summed E-state index contributed by atoms with van der Waals surface area (Å²) in [5.41, 5.74) is 4.47. The molecule has 0 saturated carbocycles. The Hall–Kier alpha value is -2.44. The van der Waals surface area contributed by atoms with E-state index in [1.54, 1.807) is 42.5 Å². The van der Waals surface area contributed by atoms with Gasteiger partial charge in [0.1, 0.15) is 6.54 Å². The molecule has 0 aliphatic carbocycles. The van der Waals surface area contributed by atoms with E-state index in [0.29, 0.717) is 26.9 Å². The first-order valence-electron chi connectivity index (χ1n) is 7.31. The number of benzene rings is 2. The maximum Gasteiger partial charge on any atom is 0.271 e. The molecule has 2 rings (SSSR count). The van der Waals surface area contributed by atoms with Crippen molar-refractivity contribution in [2.24, 2.45) is 10.3 Å². The minimum atomic E-state index is -0.447. The van der Waals surface area contributed by atoms with E-state index in [1.165, 1.54) is 0 Å². The Morgan fingerprint density at radius 3 is 2.48 bits per heavy atom. The lowest BCUT2D eigenvalue weighted by Gasteiger charge is -2.14. The van der Waals surface area contributed by atoms with E-state index in [-0.39, 0.29) is 6.54 Å². The molecule has 25 heavy (non-hydrogen) atoms. The van der Waals surface area contributed by atoms with Gasteiger partial charge in [-0.3, -0.25) is 4.79 Å². The van der Waals surface area contributed by atoms with Crippen LogP contribution in [0.4, 0.5) is 5.69 Å². The quantitative estimate of drug-likeness (QED) is 0.469. The van der Waals surface area contributed by atoms with Crippen LogP contribution < -0.4 is 10.3 Å². The first kappa shape index (κ1) is 18.9. The van der Waals surface area contributed by atoms with Crippen molar-refractivity contribution in [1.82, 2.24) is 5.43 Å². The van der Waals surface area contributed by atoms with Crippen molar-refractivity contribution in [3.63, 3.8) is 0 Å². The van der Waals surface area contributed by atoms with Crippen LogP contribution in [0.1, 0.15) is 15.9 Å². The minimum absolute atomic E-state index is 0.194.